The lowest BCUT2D eigenvalue weighted by molar-refractivity contribution is 1.82. The van der Waals surface area contributed by atoms with E-state index >= 15 is 0 Å². The van der Waals surface area contributed by atoms with Crippen LogP contribution in [0.4, 0.5) is 0 Å². The fourth-order valence-corrected chi connectivity index (χ4v) is 3.29. The number of hydrogen-bond donors (Lipinski definition) is 0. The van der Waals surface area contributed by atoms with Crippen LogP contribution in [0.15, 0.2) is 0 Å². The van der Waals surface area contributed by atoms with Crippen LogP contribution in [-0.4, -0.2) is 16.1 Å². The quantitative estimate of drug-likeness (QED) is 0.451. The Kier molecular flexibility index (Phi) is 4.92. The molecular formula is C10H18SSi2. The zero-order chi connectivity index (χ0) is 10.5. The van der Waals surface area contributed by atoms with E-state index in [2.05, 4.69) is 60.9 Å². The van der Waals surface area contributed by atoms with E-state index in [4.69, 9.17) is 0 Å². The van der Waals surface area contributed by atoms with Gasteiger partial charge >= 0.3 is 0 Å². The molecule has 3 heteroatoms. The summed E-state index contributed by atoms with van der Waals surface area (Å²) in [5.74, 6) is 0. The molecule has 0 fully saturated rings. The average molecular weight is 226 g/mol. The van der Waals surface area contributed by atoms with Gasteiger partial charge in [0, 0.05) is 11.8 Å². The van der Waals surface area contributed by atoms with Crippen molar-refractivity contribution in [2.45, 2.75) is 39.3 Å². The molecule has 0 aliphatic rings. The van der Waals surface area contributed by atoms with Crippen LogP contribution < -0.4 is 0 Å². The second-order valence-corrected chi connectivity index (χ2v) is 15.2. The third-order valence-electron chi connectivity index (χ3n) is 0.954. The zero-order valence-corrected chi connectivity index (χ0v) is 12.2. The Labute approximate surface area is 88.9 Å². The molecule has 0 amide bonds. The third kappa shape index (κ3) is 11.9. The molecule has 72 valence electrons. The summed E-state index contributed by atoms with van der Waals surface area (Å²) in [6.07, 6.45) is 0. The summed E-state index contributed by atoms with van der Waals surface area (Å²) in [6, 6.07) is 0. The lowest BCUT2D eigenvalue weighted by Gasteiger charge is -2.02. The summed E-state index contributed by atoms with van der Waals surface area (Å²) in [5, 5.41) is 6.15. The summed E-state index contributed by atoms with van der Waals surface area (Å²) in [4.78, 5) is 0. The molecule has 0 saturated carbocycles. The molecule has 0 N–H and O–H groups in total. The van der Waals surface area contributed by atoms with Crippen LogP contribution in [-0.2, 0) is 0 Å². The van der Waals surface area contributed by atoms with E-state index in [1.54, 1.807) is 0 Å². The standard InChI is InChI=1S/C10H18SSi2/c1-12(2,3)9-7-11-8-10-13(4,5)6/h1-6H3. The molecule has 0 unspecified atom stereocenters. The Hall–Kier alpha value is -0.0962. The van der Waals surface area contributed by atoms with E-state index in [1.165, 1.54) is 11.8 Å². The molecule has 0 aromatic rings. The highest BCUT2D eigenvalue weighted by molar-refractivity contribution is 8.08. The van der Waals surface area contributed by atoms with Crippen molar-refractivity contribution in [1.82, 2.24) is 0 Å². The van der Waals surface area contributed by atoms with E-state index in [0.29, 0.717) is 0 Å². The maximum atomic E-state index is 3.27. The minimum atomic E-state index is -1.19. The van der Waals surface area contributed by atoms with Crippen molar-refractivity contribution in [3.63, 3.8) is 0 Å². The molecule has 13 heavy (non-hydrogen) atoms. The SMILES string of the molecule is C[Si](C)(C)C#CSC#C[Si](C)(C)C. The zero-order valence-electron chi connectivity index (χ0n) is 9.41. The highest BCUT2D eigenvalue weighted by atomic mass is 32.2. The van der Waals surface area contributed by atoms with Crippen LogP contribution in [0, 0.1) is 21.6 Å². The maximum absolute atomic E-state index is 3.27. The van der Waals surface area contributed by atoms with Crippen LogP contribution in [0.3, 0.4) is 0 Å². The van der Waals surface area contributed by atoms with Gasteiger partial charge in [0.1, 0.15) is 16.1 Å². The molecule has 0 heterocycles. The summed E-state index contributed by atoms with van der Waals surface area (Å²) in [7, 11) is -2.38. The van der Waals surface area contributed by atoms with E-state index in [0.717, 1.165) is 0 Å². The Balaban J connectivity index is 4.03. The Morgan fingerprint density at radius 1 is 0.692 bits per heavy atom. The van der Waals surface area contributed by atoms with Gasteiger partial charge in [0.15, 0.2) is 0 Å². The van der Waals surface area contributed by atoms with Gasteiger partial charge in [0.25, 0.3) is 0 Å². The number of thioether (sulfide) groups is 1. The van der Waals surface area contributed by atoms with Gasteiger partial charge in [0.2, 0.25) is 0 Å². The lowest BCUT2D eigenvalue weighted by Crippen LogP contribution is -2.16. The summed E-state index contributed by atoms with van der Waals surface area (Å²) in [6.45, 7) is 13.5. The first-order chi connectivity index (χ1) is 5.71. The average Bonchev–Trinajstić information content (AvgIpc) is 1.81. The fraction of sp³-hybridized carbons (Fsp3) is 0.600. The van der Waals surface area contributed by atoms with Gasteiger partial charge < -0.3 is 0 Å². The first-order valence-corrected chi connectivity index (χ1v) is 12.2. The van der Waals surface area contributed by atoms with Crippen molar-refractivity contribution < 1.29 is 0 Å². The molecular weight excluding hydrogens is 208 g/mol. The number of rotatable bonds is 0. The van der Waals surface area contributed by atoms with E-state index < -0.39 is 16.1 Å². The third-order valence-corrected chi connectivity index (χ3v) is 3.47. The molecule has 0 aliphatic heterocycles. The molecule has 0 radical (unpaired) electrons. The second-order valence-electron chi connectivity index (χ2n) is 5.06. The highest BCUT2D eigenvalue weighted by Gasteiger charge is 2.08. The first kappa shape index (κ1) is 12.9. The van der Waals surface area contributed by atoms with Crippen molar-refractivity contribution in [1.29, 1.82) is 0 Å². The van der Waals surface area contributed by atoms with Gasteiger partial charge in [0.05, 0.1) is 0 Å². The van der Waals surface area contributed by atoms with Gasteiger partial charge in [-0.25, -0.2) is 0 Å². The predicted octanol–water partition coefficient (Wildman–Crippen LogP) is 3.40. The minimum absolute atomic E-state index is 1.19. The summed E-state index contributed by atoms with van der Waals surface area (Å²) >= 11 is 1.45. The molecule has 0 bridgehead atoms. The largest absolute Gasteiger partial charge is 0.130 e. The van der Waals surface area contributed by atoms with E-state index in [9.17, 15) is 0 Å². The Morgan fingerprint density at radius 2 is 1.00 bits per heavy atom. The van der Waals surface area contributed by atoms with E-state index in [1.807, 2.05) is 0 Å². The summed E-state index contributed by atoms with van der Waals surface area (Å²) < 4.78 is 0. The van der Waals surface area contributed by atoms with Crippen molar-refractivity contribution in [2.24, 2.45) is 0 Å². The smallest absolute Gasteiger partial charge is 0.119 e. The van der Waals surface area contributed by atoms with E-state index in [-0.39, 0.29) is 0 Å². The highest BCUT2D eigenvalue weighted by Crippen LogP contribution is 2.02. The fourth-order valence-electron chi connectivity index (χ4n) is 0.383. The van der Waals surface area contributed by atoms with Gasteiger partial charge in [-0.3, -0.25) is 0 Å². The maximum Gasteiger partial charge on any atom is 0.130 e. The topological polar surface area (TPSA) is 0 Å². The second kappa shape index (κ2) is 4.95. The van der Waals surface area contributed by atoms with Gasteiger partial charge in [-0.2, -0.15) is 0 Å². The van der Waals surface area contributed by atoms with Crippen LogP contribution in [0.1, 0.15) is 0 Å². The Morgan fingerprint density at radius 3 is 1.23 bits per heavy atom. The van der Waals surface area contributed by atoms with Gasteiger partial charge in [-0.05, 0) is 10.5 Å². The lowest BCUT2D eigenvalue weighted by atomic mass is 11.3. The first-order valence-electron chi connectivity index (χ1n) is 4.41. The summed E-state index contributed by atoms with van der Waals surface area (Å²) in [5.41, 5.74) is 6.55. The minimum Gasteiger partial charge on any atom is -0.119 e. The molecule has 0 aliphatic carbocycles. The van der Waals surface area contributed by atoms with Crippen LogP contribution in [0.5, 0.6) is 0 Å². The molecule has 0 aromatic carbocycles. The van der Waals surface area contributed by atoms with Crippen molar-refractivity contribution in [2.75, 3.05) is 0 Å². The number of hydrogen-bond acceptors (Lipinski definition) is 1. The van der Waals surface area contributed by atoms with Crippen LogP contribution in [0.25, 0.3) is 0 Å². The van der Waals surface area contributed by atoms with Gasteiger partial charge in [-0.15, -0.1) is 11.1 Å². The van der Waals surface area contributed by atoms with Crippen LogP contribution in [0.2, 0.25) is 39.3 Å². The monoisotopic (exact) mass is 226 g/mol. The Bertz CT molecular complexity index is 242. The van der Waals surface area contributed by atoms with Crippen molar-refractivity contribution in [3.8, 4) is 21.6 Å². The molecule has 0 spiro atoms. The normalized spacial score (nSPS) is 10.9. The molecule has 0 saturated heterocycles. The molecule has 0 rings (SSSR count). The van der Waals surface area contributed by atoms with Crippen molar-refractivity contribution in [3.05, 3.63) is 0 Å². The predicted molar refractivity (Wildman–Crippen MR) is 69.8 cm³/mol. The van der Waals surface area contributed by atoms with Crippen molar-refractivity contribution >= 4 is 27.9 Å². The molecule has 0 nitrogen and oxygen atoms in total. The van der Waals surface area contributed by atoms with Gasteiger partial charge in [-0.1, -0.05) is 39.3 Å². The molecule has 0 atom stereocenters. The molecule has 0 aromatic heterocycles. The van der Waals surface area contributed by atoms with Crippen LogP contribution >= 0.6 is 11.8 Å².